The number of likely N-dealkylation sites (tertiary alicyclic amines) is 1. The lowest BCUT2D eigenvalue weighted by Gasteiger charge is -2.26. The van der Waals surface area contributed by atoms with Gasteiger partial charge in [-0.05, 0) is 43.0 Å². The Morgan fingerprint density at radius 1 is 1.19 bits per heavy atom. The van der Waals surface area contributed by atoms with E-state index >= 15 is 0 Å². The van der Waals surface area contributed by atoms with E-state index in [2.05, 4.69) is 0 Å². The fourth-order valence-electron chi connectivity index (χ4n) is 3.57. The SMILES string of the molecule is COc1ccc(C2CCCN2C(=O)CCc2ccccc2Cl)c(OC)c1. The number of halogens is 1. The highest BCUT2D eigenvalue weighted by Crippen LogP contribution is 2.39. The van der Waals surface area contributed by atoms with Crippen LogP contribution in [0.2, 0.25) is 5.02 Å². The van der Waals surface area contributed by atoms with Gasteiger partial charge in [-0.25, -0.2) is 0 Å². The first-order chi connectivity index (χ1) is 12.6. The predicted molar refractivity (Wildman–Crippen MR) is 103 cm³/mol. The molecule has 4 nitrogen and oxygen atoms in total. The summed E-state index contributed by atoms with van der Waals surface area (Å²) in [5.41, 5.74) is 2.05. The number of methoxy groups -OCH3 is 2. The van der Waals surface area contributed by atoms with Crippen molar-refractivity contribution in [2.45, 2.75) is 31.7 Å². The predicted octanol–water partition coefficient (Wildman–Crippen LogP) is 4.65. The molecule has 138 valence electrons. The van der Waals surface area contributed by atoms with Crippen LogP contribution in [0.5, 0.6) is 11.5 Å². The van der Waals surface area contributed by atoms with E-state index in [0.29, 0.717) is 12.8 Å². The monoisotopic (exact) mass is 373 g/mol. The Kier molecular flexibility index (Phi) is 6.04. The second kappa shape index (κ2) is 8.45. The molecule has 26 heavy (non-hydrogen) atoms. The lowest BCUT2D eigenvalue weighted by Crippen LogP contribution is -2.31. The van der Waals surface area contributed by atoms with E-state index in [0.717, 1.165) is 47.0 Å². The van der Waals surface area contributed by atoms with Crippen molar-refractivity contribution in [2.24, 2.45) is 0 Å². The molecule has 1 aliphatic rings. The van der Waals surface area contributed by atoms with Crippen LogP contribution in [0.1, 0.15) is 36.4 Å². The van der Waals surface area contributed by atoms with E-state index in [1.54, 1.807) is 14.2 Å². The van der Waals surface area contributed by atoms with Crippen molar-refractivity contribution >= 4 is 17.5 Å². The van der Waals surface area contributed by atoms with Gasteiger partial charge < -0.3 is 14.4 Å². The summed E-state index contributed by atoms with van der Waals surface area (Å²) in [6.45, 7) is 0.779. The molecule has 5 heteroatoms. The topological polar surface area (TPSA) is 38.8 Å². The fraction of sp³-hybridized carbons (Fsp3) is 0.381. The average molecular weight is 374 g/mol. The molecule has 1 heterocycles. The van der Waals surface area contributed by atoms with Crippen LogP contribution in [0.25, 0.3) is 0 Å². The number of nitrogens with zero attached hydrogens (tertiary/aromatic N) is 1. The Labute approximate surface area is 159 Å². The largest absolute Gasteiger partial charge is 0.497 e. The Morgan fingerprint density at radius 2 is 2.00 bits per heavy atom. The number of rotatable bonds is 6. The van der Waals surface area contributed by atoms with E-state index in [1.807, 2.05) is 47.4 Å². The van der Waals surface area contributed by atoms with Gasteiger partial charge >= 0.3 is 0 Å². The van der Waals surface area contributed by atoms with E-state index in [-0.39, 0.29) is 11.9 Å². The molecule has 0 bridgehead atoms. The Balaban J connectivity index is 1.73. The summed E-state index contributed by atoms with van der Waals surface area (Å²) < 4.78 is 10.8. The van der Waals surface area contributed by atoms with Crippen LogP contribution in [-0.4, -0.2) is 31.6 Å². The standard InChI is InChI=1S/C21H24ClNO3/c1-25-16-10-11-17(20(14-16)26-2)19-8-5-13-23(19)21(24)12-9-15-6-3-4-7-18(15)22/h3-4,6-7,10-11,14,19H,5,8-9,12-13H2,1-2H3. The minimum Gasteiger partial charge on any atom is -0.497 e. The second-order valence-electron chi connectivity index (χ2n) is 6.44. The van der Waals surface area contributed by atoms with E-state index in [4.69, 9.17) is 21.1 Å². The maximum atomic E-state index is 12.9. The smallest absolute Gasteiger partial charge is 0.223 e. The zero-order valence-electron chi connectivity index (χ0n) is 15.2. The molecule has 1 aliphatic heterocycles. The van der Waals surface area contributed by atoms with Crippen LogP contribution in [-0.2, 0) is 11.2 Å². The molecule has 0 aliphatic carbocycles. The highest BCUT2D eigenvalue weighted by molar-refractivity contribution is 6.31. The van der Waals surface area contributed by atoms with Gasteiger partial charge in [0.25, 0.3) is 0 Å². The van der Waals surface area contributed by atoms with Crippen molar-refractivity contribution in [3.05, 3.63) is 58.6 Å². The summed E-state index contributed by atoms with van der Waals surface area (Å²) in [6, 6.07) is 13.5. The number of aryl methyl sites for hydroxylation is 1. The normalized spacial score (nSPS) is 16.6. The lowest BCUT2D eigenvalue weighted by molar-refractivity contribution is -0.132. The quantitative estimate of drug-likeness (QED) is 0.739. The van der Waals surface area contributed by atoms with Crippen LogP contribution in [0.3, 0.4) is 0 Å². The lowest BCUT2D eigenvalue weighted by atomic mass is 10.0. The zero-order chi connectivity index (χ0) is 18.5. The van der Waals surface area contributed by atoms with Crippen molar-refractivity contribution in [1.29, 1.82) is 0 Å². The molecule has 1 atom stereocenters. The van der Waals surface area contributed by atoms with Crippen molar-refractivity contribution < 1.29 is 14.3 Å². The molecule has 2 aromatic rings. The van der Waals surface area contributed by atoms with Crippen LogP contribution < -0.4 is 9.47 Å². The number of carbonyl (C=O) groups excluding carboxylic acids is 1. The van der Waals surface area contributed by atoms with Crippen molar-refractivity contribution in [3.8, 4) is 11.5 Å². The van der Waals surface area contributed by atoms with Crippen LogP contribution in [0.4, 0.5) is 0 Å². The van der Waals surface area contributed by atoms with Crippen molar-refractivity contribution in [1.82, 2.24) is 4.90 Å². The van der Waals surface area contributed by atoms with Crippen molar-refractivity contribution in [2.75, 3.05) is 20.8 Å². The highest BCUT2D eigenvalue weighted by atomic mass is 35.5. The Morgan fingerprint density at radius 3 is 2.73 bits per heavy atom. The number of benzene rings is 2. The minimum atomic E-state index is 0.0506. The zero-order valence-corrected chi connectivity index (χ0v) is 16.0. The third-order valence-corrected chi connectivity index (χ3v) is 5.31. The first kappa shape index (κ1) is 18.6. The number of hydrogen-bond donors (Lipinski definition) is 0. The van der Waals surface area contributed by atoms with Crippen molar-refractivity contribution in [3.63, 3.8) is 0 Å². The molecule has 3 rings (SSSR count). The van der Waals surface area contributed by atoms with Gasteiger partial charge in [0.05, 0.1) is 20.3 Å². The van der Waals surface area contributed by atoms with Gasteiger partial charge in [0.1, 0.15) is 11.5 Å². The van der Waals surface area contributed by atoms with E-state index < -0.39 is 0 Å². The second-order valence-corrected chi connectivity index (χ2v) is 6.85. The van der Waals surface area contributed by atoms with Gasteiger partial charge in [0, 0.05) is 29.6 Å². The molecule has 1 fully saturated rings. The van der Waals surface area contributed by atoms with E-state index in [9.17, 15) is 4.79 Å². The molecule has 0 radical (unpaired) electrons. The number of hydrogen-bond acceptors (Lipinski definition) is 3. The first-order valence-corrected chi connectivity index (χ1v) is 9.26. The van der Waals surface area contributed by atoms with Gasteiger partial charge in [-0.2, -0.15) is 0 Å². The molecular formula is C21H24ClNO3. The first-order valence-electron chi connectivity index (χ1n) is 8.89. The number of ether oxygens (including phenoxy) is 2. The molecule has 0 aromatic heterocycles. The summed E-state index contributed by atoms with van der Waals surface area (Å²) in [5.74, 6) is 1.67. The summed E-state index contributed by atoms with van der Waals surface area (Å²) in [7, 11) is 3.28. The maximum Gasteiger partial charge on any atom is 0.223 e. The van der Waals surface area contributed by atoms with Gasteiger partial charge in [-0.1, -0.05) is 29.8 Å². The Hall–Kier alpha value is -2.20. The fourth-order valence-corrected chi connectivity index (χ4v) is 3.80. The summed E-state index contributed by atoms with van der Waals surface area (Å²) in [5, 5.41) is 0.718. The molecule has 1 amide bonds. The summed E-state index contributed by atoms with van der Waals surface area (Å²) in [4.78, 5) is 14.8. The molecule has 1 unspecified atom stereocenters. The van der Waals surface area contributed by atoms with Gasteiger partial charge in [0.15, 0.2) is 0 Å². The van der Waals surface area contributed by atoms with Crippen LogP contribution >= 0.6 is 11.6 Å². The minimum absolute atomic E-state index is 0.0506. The number of carbonyl (C=O) groups is 1. The third-order valence-electron chi connectivity index (χ3n) is 4.94. The highest BCUT2D eigenvalue weighted by Gasteiger charge is 2.31. The van der Waals surface area contributed by atoms with E-state index in [1.165, 1.54) is 0 Å². The summed E-state index contributed by atoms with van der Waals surface area (Å²) in [6.07, 6.45) is 3.05. The van der Waals surface area contributed by atoms with Gasteiger partial charge in [0.2, 0.25) is 5.91 Å². The Bertz CT molecular complexity index is 778. The van der Waals surface area contributed by atoms with Gasteiger partial charge in [-0.3, -0.25) is 4.79 Å². The van der Waals surface area contributed by atoms with Crippen LogP contribution in [0.15, 0.2) is 42.5 Å². The molecule has 2 aromatic carbocycles. The van der Waals surface area contributed by atoms with Crippen LogP contribution in [0, 0.1) is 0 Å². The molecule has 0 saturated carbocycles. The summed E-state index contributed by atoms with van der Waals surface area (Å²) >= 11 is 6.21. The molecular weight excluding hydrogens is 350 g/mol. The molecule has 1 saturated heterocycles. The third kappa shape index (κ3) is 3.96. The average Bonchev–Trinajstić information content (AvgIpc) is 3.16. The maximum absolute atomic E-state index is 12.9. The molecule has 0 N–H and O–H groups in total. The molecule has 0 spiro atoms. The number of amides is 1. The van der Waals surface area contributed by atoms with Gasteiger partial charge in [-0.15, -0.1) is 0 Å².